The third-order valence-electron chi connectivity index (χ3n) is 3.96. The number of carboxylic acids is 1. The molecule has 0 aliphatic rings. The zero-order chi connectivity index (χ0) is 16.2. The van der Waals surface area contributed by atoms with E-state index in [4.69, 9.17) is 0 Å². The minimum atomic E-state index is -3.91. The first-order valence-electron chi connectivity index (χ1n) is 7.00. The number of aliphatic carboxylic acids is 1. The highest BCUT2D eigenvalue weighted by molar-refractivity contribution is 7.60. The van der Waals surface area contributed by atoms with Gasteiger partial charge in [-0.1, -0.05) is 30.3 Å². The van der Waals surface area contributed by atoms with Crippen molar-refractivity contribution in [2.75, 3.05) is 6.16 Å². The Labute approximate surface area is 133 Å². The molecule has 2 N–H and O–H groups in total. The van der Waals surface area contributed by atoms with Gasteiger partial charge in [0.25, 0.3) is 0 Å². The summed E-state index contributed by atoms with van der Waals surface area (Å²) in [5.41, 5.74) is 1.48. The molecule has 1 heterocycles. The van der Waals surface area contributed by atoms with Gasteiger partial charge >= 0.3 is 5.97 Å². The molecule has 0 fully saturated rings. The second kappa shape index (κ2) is 6.78. The smallest absolute Gasteiger partial charge is 0.323 e. The Kier molecular flexibility index (Phi) is 5.22. The molecule has 1 aromatic carbocycles. The van der Waals surface area contributed by atoms with E-state index in [1.54, 1.807) is 41.7 Å². The van der Waals surface area contributed by atoms with Gasteiger partial charge in [0.15, 0.2) is 5.16 Å². The Morgan fingerprint density at radius 3 is 2.50 bits per heavy atom. The lowest BCUT2D eigenvalue weighted by atomic mass is 10.0. The van der Waals surface area contributed by atoms with Crippen LogP contribution in [0.5, 0.6) is 0 Å². The van der Waals surface area contributed by atoms with Crippen LogP contribution in [-0.2, 0) is 20.9 Å². The van der Waals surface area contributed by atoms with Gasteiger partial charge in [-0.3, -0.25) is 9.36 Å². The van der Waals surface area contributed by atoms with Crippen molar-refractivity contribution in [3.05, 3.63) is 58.3 Å². The molecule has 2 rings (SSSR count). The van der Waals surface area contributed by atoms with Crippen LogP contribution < -0.4 is 0 Å². The molecule has 0 saturated carbocycles. The van der Waals surface area contributed by atoms with Crippen LogP contribution in [-0.4, -0.2) is 22.1 Å². The standard InChI is InChI=1S/C16H19O4PS/c1-16(15(17)18,14-7-3-2-4-8-14)21(19,20)10-5-6-13-9-11-22-12-13/h2-4,7-9,11-12H,5-6,10H2,1H3,(H,17,18)(H,19,20). The largest absolute Gasteiger partial charge is 0.480 e. The number of benzene rings is 1. The zero-order valence-electron chi connectivity index (χ0n) is 12.3. The molecule has 0 spiro atoms. The van der Waals surface area contributed by atoms with Crippen molar-refractivity contribution >= 4 is 24.7 Å². The van der Waals surface area contributed by atoms with Gasteiger partial charge in [0.05, 0.1) is 0 Å². The molecule has 0 saturated heterocycles. The Bertz CT molecular complexity index is 669. The Hall–Kier alpha value is -1.42. The number of rotatable bonds is 7. The van der Waals surface area contributed by atoms with Crippen molar-refractivity contribution in [1.82, 2.24) is 0 Å². The summed E-state index contributed by atoms with van der Waals surface area (Å²) < 4.78 is 12.8. The molecule has 0 amide bonds. The highest BCUT2D eigenvalue weighted by atomic mass is 32.1. The van der Waals surface area contributed by atoms with Crippen molar-refractivity contribution in [3.63, 3.8) is 0 Å². The fourth-order valence-corrected chi connectivity index (χ4v) is 4.98. The molecular formula is C16H19O4PS. The van der Waals surface area contributed by atoms with Crippen LogP contribution >= 0.6 is 18.7 Å². The third kappa shape index (κ3) is 3.32. The number of thiophene rings is 1. The molecule has 4 nitrogen and oxygen atoms in total. The van der Waals surface area contributed by atoms with Crippen LogP contribution in [0, 0.1) is 0 Å². The van der Waals surface area contributed by atoms with E-state index in [1.165, 1.54) is 6.92 Å². The van der Waals surface area contributed by atoms with E-state index in [0.717, 1.165) is 5.56 Å². The number of carboxylic acid groups (broad SMARTS) is 1. The number of carbonyl (C=O) groups is 1. The molecule has 0 bridgehead atoms. The number of aryl methyl sites for hydroxylation is 1. The van der Waals surface area contributed by atoms with Gasteiger partial charge < -0.3 is 10.00 Å². The van der Waals surface area contributed by atoms with Crippen LogP contribution in [0.2, 0.25) is 0 Å². The molecule has 2 atom stereocenters. The summed E-state index contributed by atoms with van der Waals surface area (Å²) in [7, 11) is -3.91. The van der Waals surface area contributed by atoms with Gasteiger partial charge in [0, 0.05) is 6.16 Å². The van der Waals surface area contributed by atoms with E-state index in [1.807, 2.05) is 16.8 Å². The maximum Gasteiger partial charge on any atom is 0.323 e. The highest BCUT2D eigenvalue weighted by Gasteiger charge is 2.50. The SMILES string of the molecule is CC(C(=O)O)(c1ccccc1)P(=O)(O)CCCc1ccsc1. The van der Waals surface area contributed by atoms with Crippen LogP contribution in [0.3, 0.4) is 0 Å². The third-order valence-corrected chi connectivity index (χ3v) is 7.46. The summed E-state index contributed by atoms with van der Waals surface area (Å²) in [5, 5.41) is 11.8. The summed E-state index contributed by atoms with van der Waals surface area (Å²) in [6.45, 7) is 1.34. The fourth-order valence-electron chi connectivity index (χ4n) is 2.39. The summed E-state index contributed by atoms with van der Waals surface area (Å²) >= 11 is 1.58. The second-order valence-corrected chi connectivity index (χ2v) is 8.93. The maximum absolute atomic E-state index is 12.8. The lowest BCUT2D eigenvalue weighted by Crippen LogP contribution is -2.33. The summed E-state index contributed by atoms with van der Waals surface area (Å²) in [6.07, 6.45) is 1.15. The lowest BCUT2D eigenvalue weighted by Gasteiger charge is -2.30. The first-order chi connectivity index (χ1) is 10.4. The number of hydrogen-bond donors (Lipinski definition) is 2. The lowest BCUT2D eigenvalue weighted by molar-refractivity contribution is -0.140. The average molecular weight is 338 g/mol. The van der Waals surface area contributed by atoms with Crippen LogP contribution in [0.1, 0.15) is 24.5 Å². The predicted octanol–water partition coefficient (Wildman–Crippen LogP) is 3.95. The van der Waals surface area contributed by atoms with E-state index < -0.39 is 18.5 Å². The van der Waals surface area contributed by atoms with Gasteiger partial charge in [-0.05, 0) is 47.7 Å². The zero-order valence-corrected chi connectivity index (χ0v) is 14.0. The first-order valence-corrected chi connectivity index (χ1v) is 9.78. The quantitative estimate of drug-likeness (QED) is 0.750. The molecule has 1 aromatic heterocycles. The average Bonchev–Trinajstić information content (AvgIpc) is 3.00. The van der Waals surface area contributed by atoms with Crippen LogP contribution in [0.4, 0.5) is 0 Å². The second-order valence-electron chi connectivity index (χ2n) is 5.40. The van der Waals surface area contributed by atoms with Gasteiger partial charge in [0.2, 0.25) is 7.37 Å². The summed E-state index contributed by atoms with van der Waals surface area (Å²) in [4.78, 5) is 22.2. The van der Waals surface area contributed by atoms with Gasteiger partial charge in [0.1, 0.15) is 0 Å². The van der Waals surface area contributed by atoms with E-state index >= 15 is 0 Å². The predicted molar refractivity (Wildman–Crippen MR) is 88.8 cm³/mol. The van der Waals surface area contributed by atoms with E-state index in [0.29, 0.717) is 18.4 Å². The van der Waals surface area contributed by atoms with Crippen molar-refractivity contribution in [1.29, 1.82) is 0 Å². The Morgan fingerprint density at radius 2 is 1.95 bits per heavy atom. The molecule has 22 heavy (non-hydrogen) atoms. The normalized spacial score (nSPS) is 16.6. The monoisotopic (exact) mass is 338 g/mol. The van der Waals surface area contributed by atoms with Crippen molar-refractivity contribution in [2.24, 2.45) is 0 Å². The van der Waals surface area contributed by atoms with E-state index in [-0.39, 0.29) is 6.16 Å². The Morgan fingerprint density at radius 1 is 1.27 bits per heavy atom. The van der Waals surface area contributed by atoms with E-state index in [9.17, 15) is 19.4 Å². The molecule has 0 aliphatic carbocycles. The first kappa shape index (κ1) is 16.9. The highest BCUT2D eigenvalue weighted by Crippen LogP contribution is 2.60. The summed E-state index contributed by atoms with van der Waals surface area (Å²) in [5.74, 6) is -1.26. The summed E-state index contributed by atoms with van der Waals surface area (Å²) in [6, 6.07) is 10.3. The fraction of sp³-hybridized carbons (Fsp3) is 0.312. The molecular weight excluding hydrogens is 319 g/mol. The number of hydrogen-bond acceptors (Lipinski definition) is 3. The maximum atomic E-state index is 12.8. The molecule has 118 valence electrons. The topological polar surface area (TPSA) is 74.6 Å². The van der Waals surface area contributed by atoms with E-state index in [2.05, 4.69) is 0 Å². The Balaban J connectivity index is 2.19. The van der Waals surface area contributed by atoms with Crippen LogP contribution in [0.25, 0.3) is 0 Å². The molecule has 2 aromatic rings. The van der Waals surface area contributed by atoms with Crippen LogP contribution in [0.15, 0.2) is 47.2 Å². The minimum absolute atomic E-state index is 0.0134. The minimum Gasteiger partial charge on any atom is -0.480 e. The van der Waals surface area contributed by atoms with Gasteiger partial charge in [-0.2, -0.15) is 11.3 Å². The molecule has 6 heteroatoms. The molecule has 0 radical (unpaired) electrons. The van der Waals surface area contributed by atoms with Crippen molar-refractivity contribution in [3.8, 4) is 0 Å². The molecule has 2 unspecified atom stereocenters. The molecule has 0 aliphatic heterocycles. The van der Waals surface area contributed by atoms with Gasteiger partial charge in [-0.15, -0.1) is 0 Å². The van der Waals surface area contributed by atoms with Crippen molar-refractivity contribution in [2.45, 2.75) is 24.9 Å². The van der Waals surface area contributed by atoms with Crippen molar-refractivity contribution < 1.29 is 19.4 Å². The van der Waals surface area contributed by atoms with Gasteiger partial charge in [-0.25, -0.2) is 0 Å².